The Balaban J connectivity index is 0.945. The van der Waals surface area contributed by atoms with E-state index in [1.54, 1.807) is 54.3 Å². The zero-order valence-electron chi connectivity index (χ0n) is 35.6. The van der Waals surface area contributed by atoms with Gasteiger partial charge >= 0.3 is 5.97 Å². The van der Waals surface area contributed by atoms with Crippen molar-refractivity contribution in [3.8, 4) is 28.7 Å². The molecule has 3 aliphatic heterocycles. The van der Waals surface area contributed by atoms with Crippen LogP contribution < -0.4 is 29.7 Å². The Morgan fingerprint density at radius 1 is 0.906 bits per heavy atom. The lowest BCUT2D eigenvalue weighted by Gasteiger charge is -2.37. The number of rotatable bonds is 11. The summed E-state index contributed by atoms with van der Waals surface area (Å²) in [5, 5.41) is 28.2. The van der Waals surface area contributed by atoms with Crippen molar-refractivity contribution in [1.82, 2.24) is 25.7 Å². The van der Waals surface area contributed by atoms with Crippen LogP contribution in [0, 0.1) is 0 Å². The third-order valence-corrected chi connectivity index (χ3v) is 11.7. The summed E-state index contributed by atoms with van der Waals surface area (Å²) >= 11 is 0. The van der Waals surface area contributed by atoms with E-state index in [4.69, 9.17) is 14.3 Å². The molecule has 1 saturated heterocycles. The van der Waals surface area contributed by atoms with Gasteiger partial charge in [0.05, 0.1) is 18.4 Å². The molecule has 1 fully saturated rings. The number of amides is 3. The van der Waals surface area contributed by atoms with Crippen molar-refractivity contribution < 1.29 is 48.3 Å². The molecule has 5 N–H and O–H groups in total. The number of nitrogens with one attached hydrogen (secondary N) is 3. The average molecular weight is 866 g/mol. The number of nitrogens with zero attached hydrogens (tertiary/aromatic N) is 5. The number of aromatic nitrogens is 3. The summed E-state index contributed by atoms with van der Waals surface area (Å²) in [5.74, 6) is -2.45. The normalized spacial score (nSPS) is 16.7. The number of esters is 1. The summed E-state index contributed by atoms with van der Waals surface area (Å²) in [4.78, 5) is 71.3. The quantitative estimate of drug-likeness (QED) is 0.0706. The Labute approximate surface area is 367 Å². The number of anilines is 2. The number of carbonyl (C=O) groups is 4. The Morgan fingerprint density at radius 2 is 1.61 bits per heavy atom. The predicted octanol–water partition coefficient (Wildman–Crippen LogP) is 4.23. The zero-order valence-corrected chi connectivity index (χ0v) is 35.6. The highest BCUT2D eigenvalue weighted by Gasteiger charge is 2.54. The van der Waals surface area contributed by atoms with Gasteiger partial charge in [-0.25, -0.2) is 14.8 Å². The van der Waals surface area contributed by atoms with E-state index in [0.717, 1.165) is 17.1 Å². The highest BCUT2D eigenvalue weighted by Crippen LogP contribution is 2.57. The van der Waals surface area contributed by atoms with Crippen LogP contribution in [0.25, 0.3) is 5.69 Å². The van der Waals surface area contributed by atoms with Gasteiger partial charge in [0, 0.05) is 117 Å². The zero-order chi connectivity index (χ0) is 45.0. The lowest BCUT2D eigenvalue weighted by molar-refractivity contribution is -0.596. The Bertz CT molecular complexity index is 2800. The molecule has 3 amide bonds. The van der Waals surface area contributed by atoms with Gasteiger partial charge in [0.2, 0.25) is 5.69 Å². The van der Waals surface area contributed by atoms with Gasteiger partial charge < -0.3 is 45.1 Å². The first-order valence-electron chi connectivity index (χ1n) is 20.5. The number of aromatic hydroxyl groups is 2. The number of phenolic OH excluding ortho intramolecular Hbond substituents is 2. The number of hydrogen-bond donors (Lipinski definition) is 5. The number of hydroxylamine groups is 2. The highest BCUT2D eigenvalue weighted by molar-refractivity contribution is 6.03. The molecule has 17 heteroatoms. The van der Waals surface area contributed by atoms with Crippen molar-refractivity contribution in [3.05, 3.63) is 148 Å². The average Bonchev–Trinajstić information content (AvgIpc) is 3.99. The van der Waals surface area contributed by atoms with E-state index in [1.165, 1.54) is 29.6 Å². The number of fused-ring (bicyclic) bond motifs is 6. The maximum atomic E-state index is 13.9. The minimum atomic E-state index is -1.32. The van der Waals surface area contributed by atoms with E-state index in [9.17, 15) is 29.4 Å². The van der Waals surface area contributed by atoms with Crippen molar-refractivity contribution in [2.75, 3.05) is 44.5 Å². The first-order chi connectivity index (χ1) is 30.7. The van der Waals surface area contributed by atoms with Crippen LogP contribution in [0.4, 0.5) is 11.4 Å². The number of phenols is 2. The maximum Gasteiger partial charge on any atom is 0.340 e. The molecule has 3 aliphatic rings. The van der Waals surface area contributed by atoms with Crippen LogP contribution in [0.2, 0.25) is 0 Å². The summed E-state index contributed by atoms with van der Waals surface area (Å²) in [6, 6.07) is 21.5. The molecule has 0 radical (unpaired) electrons. The van der Waals surface area contributed by atoms with Gasteiger partial charge in [-0.1, -0.05) is 6.07 Å². The molecular weight excluding hydrogens is 821 g/mol. The molecule has 2 unspecified atom stereocenters. The fourth-order valence-electron chi connectivity index (χ4n) is 8.34. The molecule has 5 heterocycles. The second kappa shape index (κ2) is 16.1. The van der Waals surface area contributed by atoms with E-state index in [1.807, 2.05) is 74.4 Å². The largest absolute Gasteiger partial charge is 0.504 e. The molecule has 2 aromatic heterocycles. The van der Waals surface area contributed by atoms with E-state index in [2.05, 4.69) is 20.6 Å². The van der Waals surface area contributed by atoms with E-state index < -0.39 is 52.9 Å². The summed E-state index contributed by atoms with van der Waals surface area (Å²) < 4.78 is 14.4. The number of pyridine rings is 1. The lowest BCUT2D eigenvalue weighted by Crippen LogP contribution is -2.46. The minimum absolute atomic E-state index is 0.0387. The van der Waals surface area contributed by atoms with Gasteiger partial charge in [-0.15, -0.1) is 0 Å². The molecule has 0 saturated carbocycles. The van der Waals surface area contributed by atoms with Crippen LogP contribution in [0.1, 0.15) is 65.9 Å². The molecule has 326 valence electrons. The second-order valence-electron chi connectivity index (χ2n) is 16.2. The molecule has 4 aromatic carbocycles. The minimum Gasteiger partial charge on any atom is -0.504 e. The molecule has 17 nitrogen and oxygen atoms in total. The summed E-state index contributed by atoms with van der Waals surface area (Å²) in [7, 11) is 7.73. The van der Waals surface area contributed by atoms with Crippen molar-refractivity contribution in [3.63, 3.8) is 0 Å². The Hall–Kier alpha value is -7.92. The van der Waals surface area contributed by atoms with Gasteiger partial charge in [-0.3, -0.25) is 19.2 Å². The number of imidazole rings is 1. The van der Waals surface area contributed by atoms with Gasteiger partial charge in [0.15, 0.2) is 35.1 Å². The summed E-state index contributed by atoms with van der Waals surface area (Å²) in [6.45, 7) is 1.90. The Kier molecular flexibility index (Phi) is 10.4. The highest BCUT2D eigenvalue weighted by atomic mass is 16.7. The van der Waals surface area contributed by atoms with Gasteiger partial charge in [0.25, 0.3) is 17.7 Å². The van der Waals surface area contributed by atoms with E-state index in [0.29, 0.717) is 40.2 Å². The van der Waals surface area contributed by atoms with Crippen LogP contribution in [-0.2, 0) is 32.9 Å². The second-order valence-corrected chi connectivity index (χ2v) is 16.2. The molecule has 9 rings (SSSR count). The number of H-pyrrole nitrogens is 1. The number of carbonyl (C=O) groups excluding carboxylic acids is 4. The maximum absolute atomic E-state index is 13.9. The van der Waals surface area contributed by atoms with E-state index >= 15 is 0 Å². The fraction of sp³-hybridized carbons (Fsp3) is 0.234. The van der Waals surface area contributed by atoms with Crippen molar-refractivity contribution in [1.29, 1.82) is 0 Å². The monoisotopic (exact) mass is 865 g/mol. The number of ether oxygens (including phenoxy) is 2. The first-order valence-corrected chi connectivity index (χ1v) is 20.5. The predicted molar refractivity (Wildman–Crippen MR) is 232 cm³/mol. The molecule has 64 heavy (non-hydrogen) atoms. The summed E-state index contributed by atoms with van der Waals surface area (Å²) in [6.07, 6.45) is 6.19. The van der Waals surface area contributed by atoms with Crippen LogP contribution in [0.3, 0.4) is 0 Å². The van der Waals surface area contributed by atoms with Gasteiger partial charge in [-0.2, -0.15) is 4.57 Å². The number of aromatic amines is 1. The van der Waals surface area contributed by atoms with Gasteiger partial charge in [-0.05, 0) is 55.5 Å². The third kappa shape index (κ3) is 7.14. The standard InChI is InChI=1S/C47H44N8O9/c1-26-41(45(60)55(64-26)18-16-29-23-48-25-50-29)51-44(59)40-36(14-15-37(56)42(40)57)54-17-6-7-27(24-54)22-49-43(58)28-8-11-33-32(19-28)46(61)63-47(33)34-12-9-30(52(2)3)20-38(34)62-39-21-31(53(4)5)10-13-35(39)47/h6-15,17,19-21,23-26,41H,16,18,22H2,1-5H3,(H4-,48,49,50,51,56,57,58,59)/p+1. The molecule has 2 atom stereocenters. The van der Waals surface area contributed by atoms with Crippen molar-refractivity contribution >= 4 is 35.1 Å². The van der Waals surface area contributed by atoms with Crippen molar-refractivity contribution in [2.24, 2.45) is 0 Å². The SMILES string of the molecule is CC1ON(CCc2cnc[nH]2)C(=O)C1NC(=O)c1c(-[n+]2cccc(CNC(=O)c3ccc4c(c3)C(=O)OC43c4ccc(N(C)C)cc4Oc4cc(N(C)C)ccc43)c2)ccc(O)c1O. The number of hydrogen-bond acceptors (Lipinski definition) is 12. The molecular formula is C47H45N8O9+. The van der Waals surface area contributed by atoms with Gasteiger partial charge in [0.1, 0.15) is 23.6 Å². The van der Waals surface area contributed by atoms with Crippen molar-refractivity contribution in [2.45, 2.75) is 37.6 Å². The summed E-state index contributed by atoms with van der Waals surface area (Å²) in [5.41, 5.74) is 4.19. The molecule has 6 aromatic rings. The number of benzene rings is 4. The molecule has 0 aliphatic carbocycles. The van der Waals surface area contributed by atoms with Crippen LogP contribution in [-0.4, -0.2) is 95.8 Å². The molecule has 1 spiro atoms. The topological polar surface area (TPSA) is 203 Å². The third-order valence-electron chi connectivity index (χ3n) is 11.7. The van der Waals surface area contributed by atoms with E-state index in [-0.39, 0.29) is 35.5 Å². The van der Waals surface area contributed by atoms with Crippen LogP contribution in [0.15, 0.2) is 104 Å². The van der Waals surface area contributed by atoms with Crippen LogP contribution in [0.5, 0.6) is 23.0 Å². The smallest absolute Gasteiger partial charge is 0.340 e. The molecule has 0 bridgehead atoms. The fourth-order valence-corrected chi connectivity index (χ4v) is 8.34. The Morgan fingerprint density at radius 3 is 2.28 bits per heavy atom. The van der Waals surface area contributed by atoms with Crippen LogP contribution >= 0.6 is 0 Å². The lowest BCUT2D eigenvalue weighted by atomic mass is 9.77. The first kappa shape index (κ1) is 41.4.